The molecule has 1 atom stereocenters. The lowest BCUT2D eigenvalue weighted by atomic mass is 9.92. The van der Waals surface area contributed by atoms with Crippen molar-refractivity contribution in [3.05, 3.63) is 100 Å². The normalized spacial score (nSPS) is 11.2. The van der Waals surface area contributed by atoms with E-state index in [4.69, 9.17) is 16.3 Å². The Morgan fingerprint density at radius 1 is 1.00 bits per heavy atom. The largest absolute Gasteiger partial charge is 0.465 e. The molecule has 0 aromatic heterocycles. The molecule has 0 aliphatic rings. The van der Waals surface area contributed by atoms with Crippen molar-refractivity contribution in [2.24, 2.45) is 0 Å². The van der Waals surface area contributed by atoms with Crippen LogP contribution in [0.4, 0.5) is 5.69 Å². The monoisotopic (exact) mass is 404 g/mol. The highest BCUT2D eigenvalue weighted by atomic mass is 35.5. The second-order valence-corrected chi connectivity index (χ2v) is 6.61. The minimum absolute atomic E-state index is 0.170. The maximum atomic E-state index is 12.6. The van der Waals surface area contributed by atoms with E-state index in [2.05, 4.69) is 11.4 Å². The molecule has 1 N–H and O–H groups in total. The molecule has 29 heavy (non-hydrogen) atoms. The fourth-order valence-electron chi connectivity index (χ4n) is 2.98. The topological polar surface area (TPSA) is 79.2 Å². The van der Waals surface area contributed by atoms with Gasteiger partial charge < -0.3 is 10.1 Å². The summed E-state index contributed by atoms with van der Waals surface area (Å²) in [6.45, 7) is 0. The summed E-state index contributed by atoms with van der Waals surface area (Å²) in [5.74, 6) is -1.58. The quantitative estimate of drug-likeness (QED) is 0.604. The van der Waals surface area contributed by atoms with Gasteiger partial charge in [0.2, 0.25) is 0 Å². The van der Waals surface area contributed by atoms with Crippen LogP contribution in [0, 0.1) is 11.3 Å². The van der Waals surface area contributed by atoms with Crippen LogP contribution in [0.15, 0.2) is 72.8 Å². The first-order valence-electron chi connectivity index (χ1n) is 8.78. The lowest BCUT2D eigenvalue weighted by molar-refractivity contribution is 0.0597. The summed E-state index contributed by atoms with van der Waals surface area (Å²) < 4.78 is 4.72. The number of anilines is 1. The Kier molecular flexibility index (Phi) is 6.28. The third kappa shape index (κ3) is 4.45. The number of ether oxygens (including phenoxy) is 1. The van der Waals surface area contributed by atoms with E-state index < -0.39 is 17.8 Å². The van der Waals surface area contributed by atoms with Crippen molar-refractivity contribution < 1.29 is 14.3 Å². The SMILES string of the molecule is COC(=O)c1ccccc1C(=O)Nc1ccc(C(C#N)c2ccccc2)c(Cl)c1. The van der Waals surface area contributed by atoms with Crippen LogP contribution in [-0.4, -0.2) is 19.0 Å². The molecule has 1 amide bonds. The molecule has 0 radical (unpaired) electrons. The maximum Gasteiger partial charge on any atom is 0.338 e. The second-order valence-electron chi connectivity index (χ2n) is 6.20. The van der Waals surface area contributed by atoms with Crippen molar-refractivity contribution in [2.75, 3.05) is 12.4 Å². The third-order valence-corrected chi connectivity index (χ3v) is 4.74. The van der Waals surface area contributed by atoms with E-state index in [-0.39, 0.29) is 11.1 Å². The summed E-state index contributed by atoms with van der Waals surface area (Å²) in [4.78, 5) is 24.5. The highest BCUT2D eigenvalue weighted by Gasteiger charge is 2.19. The molecule has 3 rings (SSSR count). The van der Waals surface area contributed by atoms with Gasteiger partial charge in [-0.05, 0) is 35.4 Å². The lowest BCUT2D eigenvalue weighted by Gasteiger charge is -2.14. The van der Waals surface area contributed by atoms with Crippen molar-refractivity contribution in [3.8, 4) is 6.07 Å². The number of carbonyl (C=O) groups is 2. The number of hydrogen-bond acceptors (Lipinski definition) is 4. The van der Waals surface area contributed by atoms with Gasteiger partial charge in [0, 0.05) is 10.7 Å². The van der Waals surface area contributed by atoms with Gasteiger partial charge in [-0.25, -0.2) is 4.79 Å². The van der Waals surface area contributed by atoms with Crippen LogP contribution in [0.5, 0.6) is 0 Å². The van der Waals surface area contributed by atoms with Crippen molar-refractivity contribution in [3.63, 3.8) is 0 Å². The van der Waals surface area contributed by atoms with Crippen molar-refractivity contribution in [2.45, 2.75) is 5.92 Å². The number of rotatable bonds is 5. The molecule has 0 saturated carbocycles. The van der Waals surface area contributed by atoms with Crippen molar-refractivity contribution in [1.29, 1.82) is 5.26 Å². The Morgan fingerprint density at radius 3 is 2.28 bits per heavy atom. The van der Waals surface area contributed by atoms with Gasteiger partial charge in [0.15, 0.2) is 0 Å². The predicted octanol–water partition coefficient (Wildman–Crippen LogP) is 5.03. The number of esters is 1. The molecule has 0 heterocycles. The van der Waals surface area contributed by atoms with E-state index >= 15 is 0 Å². The van der Waals surface area contributed by atoms with Crippen LogP contribution in [-0.2, 0) is 4.74 Å². The molecule has 3 aromatic carbocycles. The lowest BCUT2D eigenvalue weighted by Crippen LogP contribution is -2.17. The molecule has 0 saturated heterocycles. The summed E-state index contributed by atoms with van der Waals surface area (Å²) in [6.07, 6.45) is 0. The first kappa shape index (κ1) is 20.1. The van der Waals surface area contributed by atoms with Crippen LogP contribution < -0.4 is 5.32 Å². The fraction of sp³-hybridized carbons (Fsp3) is 0.0870. The number of amides is 1. The van der Waals surface area contributed by atoms with E-state index in [0.29, 0.717) is 16.3 Å². The highest BCUT2D eigenvalue weighted by Crippen LogP contribution is 2.32. The summed E-state index contributed by atoms with van der Waals surface area (Å²) in [5, 5.41) is 12.7. The Hall–Kier alpha value is -3.62. The zero-order valence-electron chi connectivity index (χ0n) is 15.6. The standard InChI is InChI=1S/C23H17ClN2O3/c1-29-23(28)19-10-6-5-9-18(19)22(27)26-16-11-12-17(21(24)13-16)20(14-25)15-7-3-2-4-8-15/h2-13,20H,1H3,(H,26,27). The number of halogens is 1. The number of hydrogen-bond donors (Lipinski definition) is 1. The Bertz CT molecular complexity index is 1090. The average molecular weight is 405 g/mol. The molecule has 0 spiro atoms. The number of benzene rings is 3. The van der Waals surface area contributed by atoms with Crippen molar-refractivity contribution >= 4 is 29.2 Å². The molecular formula is C23H17ClN2O3. The maximum absolute atomic E-state index is 12.6. The molecule has 144 valence electrons. The molecule has 0 aliphatic carbocycles. The summed E-state index contributed by atoms with van der Waals surface area (Å²) >= 11 is 6.41. The Labute approximate surface area is 173 Å². The molecule has 0 aliphatic heterocycles. The van der Waals surface area contributed by atoms with Crippen LogP contribution in [0.2, 0.25) is 5.02 Å². The van der Waals surface area contributed by atoms with Crippen molar-refractivity contribution in [1.82, 2.24) is 0 Å². The van der Waals surface area contributed by atoms with E-state index in [1.807, 2.05) is 30.3 Å². The van der Waals surface area contributed by atoms with Gasteiger partial charge >= 0.3 is 5.97 Å². The zero-order chi connectivity index (χ0) is 20.8. The van der Waals surface area contributed by atoms with Gasteiger partial charge in [0.05, 0.1) is 30.2 Å². The summed E-state index contributed by atoms with van der Waals surface area (Å²) in [7, 11) is 1.26. The molecule has 1 unspecified atom stereocenters. The highest BCUT2D eigenvalue weighted by molar-refractivity contribution is 6.32. The van der Waals surface area contributed by atoms with Crippen LogP contribution in [0.1, 0.15) is 37.8 Å². The van der Waals surface area contributed by atoms with E-state index in [9.17, 15) is 14.9 Å². The van der Waals surface area contributed by atoms with Crippen LogP contribution >= 0.6 is 11.6 Å². The Balaban J connectivity index is 1.86. The Morgan fingerprint density at radius 2 is 1.66 bits per heavy atom. The van der Waals surface area contributed by atoms with Gasteiger partial charge in [-0.1, -0.05) is 60.1 Å². The molecule has 0 fully saturated rings. The zero-order valence-corrected chi connectivity index (χ0v) is 16.3. The second kappa shape index (κ2) is 9.05. The summed E-state index contributed by atoms with van der Waals surface area (Å²) in [5.41, 5.74) is 2.30. The van der Waals surface area contributed by atoms with E-state index in [1.54, 1.807) is 36.4 Å². The molecule has 0 bridgehead atoms. The number of carbonyl (C=O) groups excluding carboxylic acids is 2. The molecule has 5 nitrogen and oxygen atoms in total. The number of nitriles is 1. The van der Waals surface area contributed by atoms with Crippen LogP contribution in [0.25, 0.3) is 0 Å². The fourth-order valence-corrected chi connectivity index (χ4v) is 3.27. The van der Waals surface area contributed by atoms with Gasteiger partial charge in [0.1, 0.15) is 0 Å². The minimum atomic E-state index is -0.594. The summed E-state index contributed by atoms with van der Waals surface area (Å²) in [6, 6.07) is 22.9. The first-order chi connectivity index (χ1) is 14.0. The molecule has 6 heteroatoms. The van der Waals surface area contributed by atoms with E-state index in [1.165, 1.54) is 13.2 Å². The molecular weight excluding hydrogens is 388 g/mol. The van der Waals surface area contributed by atoms with Gasteiger partial charge in [-0.3, -0.25) is 4.79 Å². The number of nitrogens with zero attached hydrogens (tertiary/aromatic N) is 1. The van der Waals surface area contributed by atoms with Crippen LogP contribution in [0.3, 0.4) is 0 Å². The first-order valence-corrected chi connectivity index (χ1v) is 9.15. The van der Waals surface area contributed by atoms with E-state index in [0.717, 1.165) is 5.56 Å². The van der Waals surface area contributed by atoms with Gasteiger partial charge in [-0.15, -0.1) is 0 Å². The predicted molar refractivity (Wildman–Crippen MR) is 111 cm³/mol. The average Bonchev–Trinajstić information content (AvgIpc) is 2.76. The molecule has 3 aromatic rings. The number of methoxy groups -OCH3 is 1. The smallest absolute Gasteiger partial charge is 0.338 e. The number of nitrogens with one attached hydrogen (secondary N) is 1. The van der Waals surface area contributed by atoms with Gasteiger partial charge in [0.25, 0.3) is 5.91 Å². The minimum Gasteiger partial charge on any atom is -0.465 e. The van der Waals surface area contributed by atoms with Gasteiger partial charge in [-0.2, -0.15) is 5.26 Å². The third-order valence-electron chi connectivity index (χ3n) is 4.41.